The van der Waals surface area contributed by atoms with Crippen molar-refractivity contribution in [3.63, 3.8) is 0 Å². The van der Waals surface area contributed by atoms with Crippen molar-refractivity contribution in [3.05, 3.63) is 46.5 Å². The molecule has 0 radical (unpaired) electrons. The zero-order valence-corrected chi connectivity index (χ0v) is 10.7. The monoisotopic (exact) mass is 284 g/mol. The Bertz CT molecular complexity index is 619. The number of aromatic nitrogens is 1. The molecule has 7 heteroatoms. The highest BCUT2D eigenvalue weighted by atomic mass is 35.5. The second-order valence-electron chi connectivity index (χ2n) is 3.88. The molecule has 0 aliphatic rings. The van der Waals surface area contributed by atoms with E-state index in [0.29, 0.717) is 16.8 Å². The van der Waals surface area contributed by atoms with E-state index in [1.54, 1.807) is 25.1 Å². The second-order valence-corrected chi connectivity index (χ2v) is 4.31. The lowest BCUT2D eigenvalue weighted by atomic mass is 10.2. The first-order chi connectivity index (χ1) is 9.01. The third-order valence-corrected chi connectivity index (χ3v) is 2.74. The molecule has 0 aliphatic heterocycles. The fourth-order valence-corrected chi connectivity index (χ4v) is 1.78. The number of nitrogens with two attached hydrogens (primary N) is 1. The van der Waals surface area contributed by atoms with Crippen LogP contribution in [0.1, 0.15) is 5.56 Å². The third kappa shape index (κ3) is 2.91. The lowest BCUT2D eigenvalue weighted by Crippen LogP contribution is -2.12. The maximum atomic E-state index is 13.6. The van der Waals surface area contributed by atoms with Gasteiger partial charge < -0.3 is 10.7 Å². The Morgan fingerprint density at radius 2 is 1.84 bits per heavy atom. The Morgan fingerprint density at radius 1 is 1.16 bits per heavy atom. The molecule has 0 unspecified atom stereocenters. The van der Waals surface area contributed by atoms with E-state index >= 15 is 0 Å². The average Bonchev–Trinajstić information content (AvgIpc) is 2.35. The Kier molecular flexibility index (Phi) is 3.82. The lowest BCUT2D eigenvalue weighted by molar-refractivity contribution is 0.579. The first kappa shape index (κ1) is 13.5. The molecule has 2 rings (SSSR count). The molecule has 0 aliphatic carbocycles. The number of hydrogen-bond acceptors (Lipinski definition) is 4. The summed E-state index contributed by atoms with van der Waals surface area (Å²) in [7, 11) is 0. The first-order valence-electron chi connectivity index (χ1n) is 5.37. The molecule has 0 saturated carbocycles. The SMILES string of the molecule is Cc1cc(Cl)ccc1Nc1nc(NN)c(F)cc1F. The van der Waals surface area contributed by atoms with E-state index in [9.17, 15) is 8.78 Å². The number of halogens is 3. The van der Waals surface area contributed by atoms with E-state index in [4.69, 9.17) is 17.4 Å². The zero-order chi connectivity index (χ0) is 14.0. The number of aryl methyl sites for hydroxylation is 1. The Morgan fingerprint density at radius 3 is 2.47 bits per heavy atom. The summed E-state index contributed by atoms with van der Waals surface area (Å²) in [6.07, 6.45) is 0. The lowest BCUT2D eigenvalue weighted by Gasteiger charge is -2.11. The highest BCUT2D eigenvalue weighted by molar-refractivity contribution is 6.30. The van der Waals surface area contributed by atoms with Crippen molar-refractivity contribution in [3.8, 4) is 0 Å². The van der Waals surface area contributed by atoms with Crippen molar-refractivity contribution >= 4 is 28.9 Å². The molecular weight excluding hydrogens is 274 g/mol. The minimum absolute atomic E-state index is 0.125. The molecule has 1 aromatic carbocycles. The third-order valence-electron chi connectivity index (χ3n) is 2.51. The van der Waals surface area contributed by atoms with Gasteiger partial charge in [0.15, 0.2) is 23.3 Å². The second kappa shape index (κ2) is 5.38. The van der Waals surface area contributed by atoms with Gasteiger partial charge in [0.25, 0.3) is 0 Å². The van der Waals surface area contributed by atoms with Crippen molar-refractivity contribution in [2.45, 2.75) is 6.92 Å². The van der Waals surface area contributed by atoms with Crippen molar-refractivity contribution in [1.82, 2.24) is 4.98 Å². The van der Waals surface area contributed by atoms with E-state index in [0.717, 1.165) is 5.56 Å². The van der Waals surface area contributed by atoms with Gasteiger partial charge in [-0.3, -0.25) is 0 Å². The van der Waals surface area contributed by atoms with Crippen molar-refractivity contribution < 1.29 is 8.78 Å². The molecule has 4 nitrogen and oxygen atoms in total. The van der Waals surface area contributed by atoms with Gasteiger partial charge >= 0.3 is 0 Å². The standard InChI is InChI=1S/C12H11ClF2N4/c1-6-4-7(13)2-3-10(6)17-11-8(14)5-9(15)12(18-11)19-16/h2-5H,16H2,1H3,(H2,17,18,19). The van der Waals surface area contributed by atoms with Gasteiger partial charge in [0.1, 0.15) is 0 Å². The molecule has 1 heterocycles. The minimum atomic E-state index is -0.863. The number of nitrogen functional groups attached to an aromatic ring is 1. The molecule has 1 aromatic heterocycles. The largest absolute Gasteiger partial charge is 0.337 e. The number of anilines is 3. The summed E-state index contributed by atoms with van der Waals surface area (Å²) in [5.74, 6) is 3.05. The topological polar surface area (TPSA) is 63.0 Å². The Labute approximate surface area is 113 Å². The van der Waals surface area contributed by atoms with Gasteiger partial charge in [0, 0.05) is 16.8 Å². The quantitative estimate of drug-likeness (QED) is 0.597. The van der Waals surface area contributed by atoms with Gasteiger partial charge in [0.05, 0.1) is 0 Å². The highest BCUT2D eigenvalue weighted by Crippen LogP contribution is 2.25. The summed E-state index contributed by atoms with van der Waals surface area (Å²) < 4.78 is 26.8. The van der Waals surface area contributed by atoms with Gasteiger partial charge in [-0.2, -0.15) is 0 Å². The Hall–Kier alpha value is -1.92. The number of pyridine rings is 1. The number of hydrazine groups is 1. The zero-order valence-electron chi connectivity index (χ0n) is 9.97. The van der Waals surface area contributed by atoms with Crippen molar-refractivity contribution in [2.75, 3.05) is 10.7 Å². The summed E-state index contributed by atoms with van der Waals surface area (Å²) in [5.41, 5.74) is 3.48. The van der Waals surface area contributed by atoms with Crippen LogP contribution in [0.15, 0.2) is 24.3 Å². The number of benzene rings is 1. The summed E-state index contributed by atoms with van der Waals surface area (Å²) >= 11 is 5.83. The van der Waals surface area contributed by atoms with Gasteiger partial charge in [0.2, 0.25) is 0 Å². The van der Waals surface area contributed by atoms with Crippen LogP contribution in [0.3, 0.4) is 0 Å². The maximum absolute atomic E-state index is 13.6. The van der Waals surface area contributed by atoms with Crippen molar-refractivity contribution in [1.29, 1.82) is 0 Å². The molecule has 4 N–H and O–H groups in total. The van der Waals surface area contributed by atoms with Crippen LogP contribution in [0.2, 0.25) is 5.02 Å². The summed E-state index contributed by atoms with van der Waals surface area (Å²) in [4.78, 5) is 3.72. The average molecular weight is 285 g/mol. The normalized spacial score (nSPS) is 10.4. The van der Waals surface area contributed by atoms with Gasteiger partial charge in [-0.25, -0.2) is 19.6 Å². The fourth-order valence-electron chi connectivity index (χ4n) is 1.55. The van der Waals surface area contributed by atoms with E-state index in [1.807, 2.05) is 0 Å². The molecular formula is C12H11ClF2N4. The number of nitrogens with one attached hydrogen (secondary N) is 2. The predicted octanol–water partition coefficient (Wildman–Crippen LogP) is 3.35. The highest BCUT2D eigenvalue weighted by Gasteiger charge is 2.12. The summed E-state index contributed by atoms with van der Waals surface area (Å²) in [6, 6.07) is 5.75. The van der Waals surface area contributed by atoms with E-state index in [2.05, 4.69) is 15.7 Å². The van der Waals surface area contributed by atoms with Gasteiger partial charge in [-0.05, 0) is 30.7 Å². The van der Waals surface area contributed by atoms with Gasteiger partial charge in [-0.1, -0.05) is 11.6 Å². The molecule has 2 aromatic rings. The molecule has 19 heavy (non-hydrogen) atoms. The molecule has 0 atom stereocenters. The predicted molar refractivity (Wildman–Crippen MR) is 71.4 cm³/mol. The fraction of sp³-hybridized carbons (Fsp3) is 0.0833. The molecule has 0 amide bonds. The molecule has 100 valence electrons. The molecule has 0 spiro atoms. The smallest absolute Gasteiger partial charge is 0.178 e. The molecule has 0 saturated heterocycles. The maximum Gasteiger partial charge on any atom is 0.178 e. The first-order valence-corrected chi connectivity index (χ1v) is 5.75. The minimum Gasteiger partial charge on any atom is -0.337 e. The molecule has 0 bridgehead atoms. The molecule has 0 fully saturated rings. The Balaban J connectivity index is 2.37. The summed E-state index contributed by atoms with van der Waals surface area (Å²) in [5, 5.41) is 3.33. The van der Waals surface area contributed by atoms with E-state index < -0.39 is 11.6 Å². The van der Waals surface area contributed by atoms with E-state index in [1.165, 1.54) is 0 Å². The van der Waals surface area contributed by atoms with Crippen LogP contribution >= 0.6 is 11.6 Å². The van der Waals surface area contributed by atoms with Crippen LogP contribution in [0, 0.1) is 18.6 Å². The van der Waals surface area contributed by atoms with Crippen LogP contribution in [0.25, 0.3) is 0 Å². The van der Waals surface area contributed by atoms with Crippen LogP contribution < -0.4 is 16.6 Å². The van der Waals surface area contributed by atoms with Gasteiger partial charge in [-0.15, -0.1) is 0 Å². The van der Waals surface area contributed by atoms with E-state index in [-0.39, 0.29) is 11.6 Å². The van der Waals surface area contributed by atoms with Crippen LogP contribution in [-0.4, -0.2) is 4.98 Å². The number of nitrogens with zero attached hydrogens (tertiary/aromatic N) is 1. The number of rotatable bonds is 3. The summed E-state index contributed by atoms with van der Waals surface area (Å²) in [6.45, 7) is 1.80. The number of hydrogen-bond donors (Lipinski definition) is 3. The van der Waals surface area contributed by atoms with Crippen LogP contribution in [0.4, 0.5) is 26.1 Å². The van der Waals surface area contributed by atoms with Crippen LogP contribution in [0.5, 0.6) is 0 Å². The van der Waals surface area contributed by atoms with Crippen molar-refractivity contribution in [2.24, 2.45) is 5.84 Å². The van der Waals surface area contributed by atoms with Crippen LogP contribution in [-0.2, 0) is 0 Å².